The van der Waals surface area contributed by atoms with Crippen molar-refractivity contribution in [2.75, 3.05) is 19.8 Å². The van der Waals surface area contributed by atoms with Crippen LogP contribution in [-0.4, -0.2) is 31.7 Å². The Morgan fingerprint density at radius 1 is 1.22 bits per heavy atom. The summed E-state index contributed by atoms with van der Waals surface area (Å²) in [6.45, 7) is 7.44. The van der Waals surface area contributed by atoms with E-state index in [9.17, 15) is 9.59 Å². The molecule has 0 aliphatic rings. The molecule has 0 aliphatic carbocycles. The summed E-state index contributed by atoms with van der Waals surface area (Å²) < 4.78 is 9.48. The Morgan fingerprint density at radius 3 is 2.00 bits per heavy atom. The molecule has 0 atom stereocenters. The second-order valence-corrected chi connectivity index (χ2v) is 3.22. The molecule has 0 bridgehead atoms. The van der Waals surface area contributed by atoms with Crippen LogP contribution in [0.2, 0.25) is 0 Å². The van der Waals surface area contributed by atoms with E-state index in [-0.39, 0.29) is 53.4 Å². The van der Waals surface area contributed by atoms with Crippen LogP contribution in [0.5, 0.6) is 0 Å². The van der Waals surface area contributed by atoms with Gasteiger partial charge in [0.1, 0.15) is 5.57 Å². The van der Waals surface area contributed by atoms with Gasteiger partial charge < -0.3 is 27.4 Å². The van der Waals surface area contributed by atoms with E-state index in [2.05, 4.69) is 11.9 Å². The molecule has 0 amide bonds. The molecule has 0 aromatic carbocycles. The van der Waals surface area contributed by atoms with Crippen LogP contribution in [0.3, 0.4) is 0 Å². The van der Waals surface area contributed by atoms with Crippen molar-refractivity contribution >= 4 is 24.6 Å². The van der Waals surface area contributed by atoms with Crippen molar-refractivity contribution in [3.05, 3.63) is 23.3 Å². The summed E-state index contributed by atoms with van der Waals surface area (Å²) >= 11 is 4.92. The average molecular weight is 281 g/mol. The van der Waals surface area contributed by atoms with Gasteiger partial charge in [-0.25, -0.2) is 9.59 Å². The number of esters is 2. The molecular formula is C11H16NNaO4S. The van der Waals surface area contributed by atoms with E-state index in [0.29, 0.717) is 6.54 Å². The van der Waals surface area contributed by atoms with Gasteiger partial charge in [-0.3, -0.25) is 0 Å². The minimum atomic E-state index is -0.785. The Labute approximate surface area is 135 Å². The molecule has 0 fully saturated rings. The Balaban J connectivity index is 0. The van der Waals surface area contributed by atoms with Crippen LogP contribution in [0.1, 0.15) is 13.8 Å². The molecule has 0 aromatic heterocycles. The van der Waals surface area contributed by atoms with Gasteiger partial charge in [-0.1, -0.05) is 11.1 Å². The number of rotatable bonds is 7. The van der Waals surface area contributed by atoms with E-state index in [4.69, 9.17) is 22.1 Å². The van der Waals surface area contributed by atoms with Crippen molar-refractivity contribution in [3.63, 3.8) is 0 Å². The summed E-state index contributed by atoms with van der Waals surface area (Å²) in [5.74, 6) is -1.57. The summed E-state index contributed by atoms with van der Waals surface area (Å²) in [6.07, 6.45) is 1.56. The minimum absolute atomic E-state index is 0. The summed E-state index contributed by atoms with van der Waals surface area (Å²) in [5, 5.41) is 2.69. The van der Waals surface area contributed by atoms with E-state index in [1.54, 1.807) is 19.9 Å². The van der Waals surface area contributed by atoms with Gasteiger partial charge >= 0.3 is 41.5 Å². The third-order valence-corrected chi connectivity index (χ3v) is 1.94. The van der Waals surface area contributed by atoms with Gasteiger partial charge in [-0.05, 0) is 13.8 Å². The van der Waals surface area contributed by atoms with Gasteiger partial charge in [0.15, 0.2) is 0 Å². The zero-order valence-electron chi connectivity index (χ0n) is 10.9. The fourth-order valence-electron chi connectivity index (χ4n) is 0.929. The average Bonchev–Trinajstić information content (AvgIpc) is 2.27. The number of nitrogens with one attached hydrogen (secondary N) is 1. The molecule has 1 N–H and O–H groups in total. The van der Waals surface area contributed by atoms with Gasteiger partial charge in [0.05, 0.1) is 13.2 Å². The first kappa shape index (κ1) is 19.8. The molecule has 0 unspecified atom stereocenters. The number of hydrogen-bond donors (Lipinski definition) is 1. The van der Waals surface area contributed by atoms with Gasteiger partial charge in [0.2, 0.25) is 0 Å². The summed E-state index contributed by atoms with van der Waals surface area (Å²) in [7, 11) is 0. The largest absolute Gasteiger partial charge is 1.00 e. The fraction of sp³-hybridized carbons (Fsp3) is 0.455. The molecular weight excluding hydrogens is 265 g/mol. The van der Waals surface area contributed by atoms with Crippen LogP contribution in [0.4, 0.5) is 0 Å². The SMILES string of the molecule is C=CCNC([S-])=C(C(=O)OCC)C(=O)OCC.[Na+]. The van der Waals surface area contributed by atoms with Crippen LogP contribution in [-0.2, 0) is 31.7 Å². The molecule has 0 rings (SSSR count). The Morgan fingerprint density at radius 2 is 1.67 bits per heavy atom. The van der Waals surface area contributed by atoms with Crippen molar-refractivity contribution in [1.82, 2.24) is 5.32 Å². The Hall–Kier alpha value is -0.560. The topological polar surface area (TPSA) is 64.6 Å². The van der Waals surface area contributed by atoms with E-state index < -0.39 is 11.9 Å². The third kappa shape index (κ3) is 7.00. The van der Waals surface area contributed by atoms with Gasteiger partial charge in [-0.2, -0.15) is 0 Å². The van der Waals surface area contributed by atoms with Crippen molar-refractivity contribution in [2.24, 2.45) is 0 Å². The normalized spacial score (nSPS) is 8.56. The molecule has 0 saturated carbocycles. The molecule has 0 aromatic rings. The molecule has 5 nitrogen and oxygen atoms in total. The number of carbonyl (C=O) groups excluding carboxylic acids is 2. The smallest absolute Gasteiger partial charge is 0.762 e. The van der Waals surface area contributed by atoms with Gasteiger partial charge in [-0.15, -0.1) is 6.58 Å². The first-order valence-electron chi connectivity index (χ1n) is 5.18. The minimum Gasteiger partial charge on any atom is -0.762 e. The molecule has 7 heteroatoms. The maximum atomic E-state index is 11.6. The molecule has 0 radical (unpaired) electrons. The number of carbonyl (C=O) groups is 2. The monoisotopic (exact) mass is 281 g/mol. The molecule has 18 heavy (non-hydrogen) atoms. The van der Waals surface area contributed by atoms with Gasteiger partial charge in [0.25, 0.3) is 0 Å². The van der Waals surface area contributed by atoms with Crippen molar-refractivity contribution in [3.8, 4) is 0 Å². The van der Waals surface area contributed by atoms with Crippen LogP contribution in [0, 0.1) is 0 Å². The Bertz CT molecular complexity index is 311. The second kappa shape index (κ2) is 11.5. The zero-order valence-corrected chi connectivity index (χ0v) is 13.8. The maximum Gasteiger partial charge on any atom is 1.00 e. The molecule has 0 heterocycles. The molecule has 0 spiro atoms. The predicted octanol–water partition coefficient (Wildman–Crippen LogP) is -2.35. The fourth-order valence-corrected chi connectivity index (χ4v) is 1.18. The molecule has 0 saturated heterocycles. The van der Waals surface area contributed by atoms with Crippen LogP contribution in [0.25, 0.3) is 0 Å². The maximum absolute atomic E-state index is 11.6. The van der Waals surface area contributed by atoms with Crippen molar-refractivity contribution in [2.45, 2.75) is 13.8 Å². The first-order valence-corrected chi connectivity index (χ1v) is 5.59. The van der Waals surface area contributed by atoms with Crippen molar-refractivity contribution in [1.29, 1.82) is 0 Å². The van der Waals surface area contributed by atoms with Crippen LogP contribution < -0.4 is 34.9 Å². The summed E-state index contributed by atoms with van der Waals surface area (Å²) in [6, 6.07) is 0. The quantitative estimate of drug-likeness (QED) is 0.107. The second-order valence-electron chi connectivity index (χ2n) is 2.81. The predicted molar refractivity (Wildman–Crippen MR) is 65.9 cm³/mol. The number of hydrogen-bond acceptors (Lipinski definition) is 6. The molecule has 0 aliphatic heterocycles. The summed E-state index contributed by atoms with van der Waals surface area (Å²) in [5.41, 5.74) is -0.287. The van der Waals surface area contributed by atoms with Crippen LogP contribution >= 0.6 is 0 Å². The van der Waals surface area contributed by atoms with E-state index >= 15 is 0 Å². The number of ether oxygens (including phenoxy) is 2. The standard InChI is InChI=1S/C11H17NO4S.Na/c1-4-7-12-9(17)8(10(13)15-5-2)11(14)16-6-3;/h4,12,17H,1,5-7H2,2-3H3;/q;+1/p-1. The molecule has 96 valence electrons. The first-order chi connectivity index (χ1) is 8.08. The van der Waals surface area contributed by atoms with E-state index in [0.717, 1.165) is 0 Å². The van der Waals surface area contributed by atoms with Crippen molar-refractivity contribution < 1.29 is 48.6 Å². The Kier molecular flexibility index (Phi) is 12.7. The van der Waals surface area contributed by atoms with Gasteiger partial charge in [0, 0.05) is 6.54 Å². The zero-order chi connectivity index (χ0) is 13.3. The summed E-state index contributed by atoms with van der Waals surface area (Å²) in [4.78, 5) is 23.1. The van der Waals surface area contributed by atoms with E-state index in [1.165, 1.54) is 0 Å². The third-order valence-electron chi connectivity index (χ3n) is 1.59. The van der Waals surface area contributed by atoms with E-state index in [1.807, 2.05) is 0 Å². The van der Waals surface area contributed by atoms with Crippen LogP contribution in [0.15, 0.2) is 23.3 Å².